The van der Waals surface area contributed by atoms with Gasteiger partial charge in [0, 0.05) is 16.3 Å². The highest BCUT2D eigenvalue weighted by Crippen LogP contribution is 2.24. The van der Waals surface area contributed by atoms with Crippen LogP contribution < -0.4 is 5.32 Å². The molecule has 0 aliphatic heterocycles. The van der Waals surface area contributed by atoms with Gasteiger partial charge in [0.1, 0.15) is 16.9 Å². The van der Waals surface area contributed by atoms with Crippen molar-refractivity contribution in [3.63, 3.8) is 0 Å². The highest BCUT2D eigenvalue weighted by atomic mass is 127. The van der Waals surface area contributed by atoms with Crippen molar-refractivity contribution in [2.24, 2.45) is 4.99 Å². The predicted molar refractivity (Wildman–Crippen MR) is 113 cm³/mol. The van der Waals surface area contributed by atoms with Crippen LogP contribution in [0.4, 0.5) is 13.6 Å². The van der Waals surface area contributed by atoms with Gasteiger partial charge in [0.15, 0.2) is 11.6 Å². The highest BCUT2D eigenvalue weighted by molar-refractivity contribution is 14.1. The number of carbonyl (C=O) groups is 2. The molecule has 0 aromatic heterocycles. The van der Waals surface area contributed by atoms with E-state index in [1.165, 1.54) is 6.07 Å². The van der Waals surface area contributed by atoms with E-state index in [1.54, 1.807) is 50.3 Å². The molecule has 0 aliphatic rings. The number of benzene rings is 1. The van der Waals surface area contributed by atoms with Gasteiger partial charge in [0.2, 0.25) is 0 Å². The third kappa shape index (κ3) is 8.34. The summed E-state index contributed by atoms with van der Waals surface area (Å²) in [5.74, 6) is -4.22. The zero-order chi connectivity index (χ0) is 22.2. The number of hydrogen-bond donors (Lipinski definition) is 2. The van der Waals surface area contributed by atoms with Crippen LogP contribution in [0.1, 0.15) is 33.3 Å². The van der Waals surface area contributed by atoms with Gasteiger partial charge in [-0.2, -0.15) is 0 Å². The average molecular weight is 524 g/mol. The molecule has 0 fully saturated rings. The van der Waals surface area contributed by atoms with Crippen molar-refractivity contribution in [1.29, 1.82) is 0 Å². The standard InChI is InChI=1S/C19H23F2IN2O5/c1-5-28-17(26)13(10-23-6-7-24-18(27)29-19(2,3)4)16(25)12-8-11(22)9-14(20)15(12)21/h8-10,25H,5-7H2,1-4H3,(H,24,27)/b16-13+,23-10?. The fourth-order valence-corrected chi connectivity index (χ4v) is 2.57. The summed E-state index contributed by atoms with van der Waals surface area (Å²) < 4.78 is 38.0. The molecule has 0 heterocycles. The van der Waals surface area contributed by atoms with Gasteiger partial charge in [0.05, 0.1) is 18.7 Å². The molecule has 0 spiro atoms. The number of nitrogens with zero attached hydrogens (tertiary/aromatic N) is 1. The van der Waals surface area contributed by atoms with Crippen LogP contribution in [-0.4, -0.2) is 48.7 Å². The lowest BCUT2D eigenvalue weighted by Crippen LogP contribution is -2.33. The maximum absolute atomic E-state index is 14.1. The summed E-state index contributed by atoms with van der Waals surface area (Å²) >= 11 is 1.75. The molecule has 0 saturated carbocycles. The maximum atomic E-state index is 14.1. The zero-order valence-electron chi connectivity index (χ0n) is 16.5. The molecular formula is C19H23F2IN2O5. The highest BCUT2D eigenvalue weighted by Gasteiger charge is 2.21. The molecule has 0 aliphatic carbocycles. The Balaban J connectivity index is 3.00. The van der Waals surface area contributed by atoms with Crippen LogP contribution in [0.15, 0.2) is 22.7 Å². The molecule has 0 saturated heterocycles. The third-order valence-electron chi connectivity index (χ3n) is 3.13. The maximum Gasteiger partial charge on any atom is 0.407 e. The van der Waals surface area contributed by atoms with Crippen LogP contribution >= 0.6 is 22.6 Å². The van der Waals surface area contributed by atoms with Crippen molar-refractivity contribution in [2.75, 3.05) is 19.7 Å². The van der Waals surface area contributed by atoms with E-state index >= 15 is 0 Å². The number of aliphatic hydroxyl groups is 1. The Morgan fingerprint density at radius 2 is 1.97 bits per heavy atom. The second-order valence-corrected chi connectivity index (χ2v) is 7.94. The Morgan fingerprint density at radius 3 is 2.55 bits per heavy atom. The largest absolute Gasteiger partial charge is 0.506 e. The van der Waals surface area contributed by atoms with Crippen LogP contribution in [0.2, 0.25) is 0 Å². The zero-order valence-corrected chi connectivity index (χ0v) is 18.7. The number of aliphatic hydroxyl groups excluding tert-OH is 1. The van der Waals surface area contributed by atoms with Crippen molar-refractivity contribution in [3.8, 4) is 0 Å². The number of rotatable bonds is 7. The van der Waals surface area contributed by atoms with E-state index in [0.717, 1.165) is 12.3 Å². The molecule has 7 nitrogen and oxygen atoms in total. The molecule has 10 heteroatoms. The molecule has 0 atom stereocenters. The average Bonchev–Trinajstić information content (AvgIpc) is 2.59. The molecule has 29 heavy (non-hydrogen) atoms. The molecule has 1 aromatic rings. The Hall–Kier alpha value is -2.24. The van der Waals surface area contributed by atoms with Crippen LogP contribution in [-0.2, 0) is 14.3 Å². The van der Waals surface area contributed by atoms with Gasteiger partial charge in [-0.1, -0.05) is 0 Å². The number of esters is 1. The lowest BCUT2D eigenvalue weighted by molar-refractivity contribution is -0.137. The van der Waals surface area contributed by atoms with E-state index in [0.29, 0.717) is 3.57 Å². The fraction of sp³-hybridized carbons (Fsp3) is 0.421. The Bertz CT molecular complexity index is 820. The van der Waals surface area contributed by atoms with Gasteiger partial charge < -0.3 is 19.9 Å². The number of hydrogen-bond acceptors (Lipinski definition) is 6. The van der Waals surface area contributed by atoms with E-state index in [9.17, 15) is 23.5 Å². The van der Waals surface area contributed by atoms with Crippen LogP contribution in [0.5, 0.6) is 0 Å². The van der Waals surface area contributed by atoms with E-state index in [1.807, 2.05) is 0 Å². The van der Waals surface area contributed by atoms with Gasteiger partial charge in [0.25, 0.3) is 0 Å². The van der Waals surface area contributed by atoms with Crippen LogP contribution in [0.25, 0.3) is 5.76 Å². The predicted octanol–water partition coefficient (Wildman–Crippen LogP) is 4.00. The first-order valence-corrected chi connectivity index (χ1v) is 9.76. The van der Waals surface area contributed by atoms with Gasteiger partial charge in [-0.3, -0.25) is 4.99 Å². The van der Waals surface area contributed by atoms with E-state index in [4.69, 9.17) is 9.47 Å². The summed E-state index contributed by atoms with van der Waals surface area (Å²) in [4.78, 5) is 27.6. The van der Waals surface area contributed by atoms with Crippen molar-refractivity contribution in [3.05, 3.63) is 38.5 Å². The number of aliphatic imine (C=N–C) groups is 1. The Morgan fingerprint density at radius 1 is 1.31 bits per heavy atom. The number of halogens is 3. The summed E-state index contributed by atoms with van der Waals surface area (Å²) in [6, 6.07) is 2.14. The molecular weight excluding hydrogens is 501 g/mol. The summed E-state index contributed by atoms with van der Waals surface area (Å²) in [5, 5.41) is 12.8. The number of nitrogens with one attached hydrogen (secondary N) is 1. The molecule has 0 unspecified atom stereocenters. The number of carbonyl (C=O) groups excluding carboxylic acids is 2. The van der Waals surface area contributed by atoms with E-state index in [2.05, 4.69) is 10.3 Å². The summed E-state index contributed by atoms with van der Waals surface area (Å²) in [5.41, 5.74) is -1.58. The first-order valence-electron chi connectivity index (χ1n) is 8.68. The van der Waals surface area contributed by atoms with Gasteiger partial charge in [-0.15, -0.1) is 0 Å². The summed E-state index contributed by atoms with van der Waals surface area (Å²) in [7, 11) is 0. The normalized spacial score (nSPS) is 12.5. The summed E-state index contributed by atoms with van der Waals surface area (Å²) in [6.07, 6.45) is 0.356. The van der Waals surface area contributed by atoms with Gasteiger partial charge in [-0.05, 0) is 62.4 Å². The smallest absolute Gasteiger partial charge is 0.407 e. The molecule has 1 amide bonds. The van der Waals surface area contributed by atoms with Crippen LogP contribution in [0, 0.1) is 15.2 Å². The van der Waals surface area contributed by atoms with Crippen LogP contribution in [0.3, 0.4) is 0 Å². The first kappa shape index (κ1) is 24.8. The van der Waals surface area contributed by atoms with Gasteiger partial charge >= 0.3 is 12.1 Å². The van der Waals surface area contributed by atoms with E-state index in [-0.39, 0.29) is 19.7 Å². The number of amides is 1. The third-order valence-corrected chi connectivity index (χ3v) is 3.75. The van der Waals surface area contributed by atoms with Gasteiger partial charge in [-0.25, -0.2) is 18.4 Å². The molecule has 2 N–H and O–H groups in total. The molecule has 0 bridgehead atoms. The van der Waals surface area contributed by atoms with Crippen molar-refractivity contribution < 1.29 is 33.0 Å². The minimum atomic E-state index is -1.30. The molecule has 1 aromatic carbocycles. The molecule has 0 radical (unpaired) electrons. The Labute approximate surface area is 181 Å². The van der Waals surface area contributed by atoms with Crippen molar-refractivity contribution >= 4 is 46.6 Å². The topological polar surface area (TPSA) is 97.2 Å². The monoisotopic (exact) mass is 524 g/mol. The molecule has 1 rings (SSSR count). The lowest BCUT2D eigenvalue weighted by atomic mass is 10.1. The quantitative estimate of drug-likeness (QED) is 0.107. The second kappa shape index (κ2) is 11.1. The lowest BCUT2D eigenvalue weighted by Gasteiger charge is -2.19. The number of alkyl carbamates (subject to hydrolysis) is 1. The second-order valence-electron chi connectivity index (χ2n) is 6.70. The minimum absolute atomic E-state index is 0.00677. The first-order chi connectivity index (χ1) is 13.5. The Kier molecular flexibility index (Phi) is 9.47. The van der Waals surface area contributed by atoms with E-state index < -0.39 is 46.2 Å². The summed E-state index contributed by atoms with van der Waals surface area (Å²) in [6.45, 7) is 6.85. The molecule has 160 valence electrons. The van der Waals surface area contributed by atoms with Crippen molar-refractivity contribution in [2.45, 2.75) is 33.3 Å². The van der Waals surface area contributed by atoms with Crippen molar-refractivity contribution in [1.82, 2.24) is 5.32 Å². The minimum Gasteiger partial charge on any atom is -0.506 e. The fourth-order valence-electron chi connectivity index (χ4n) is 1.99. The SMILES string of the molecule is CCOC(=O)/C(C=NCCNC(=O)OC(C)(C)C)=C(/O)c1cc(I)cc(F)c1F. The number of ether oxygens (including phenoxy) is 2.